The number of nitrogens with zero attached hydrogens (tertiary/aromatic N) is 1. The summed E-state index contributed by atoms with van der Waals surface area (Å²) in [7, 11) is 1.71. The van der Waals surface area contributed by atoms with E-state index in [1.165, 1.54) is 12.8 Å². The third-order valence-corrected chi connectivity index (χ3v) is 2.57. The van der Waals surface area contributed by atoms with Crippen LogP contribution < -0.4 is 5.32 Å². The van der Waals surface area contributed by atoms with E-state index in [9.17, 15) is 4.79 Å². The lowest BCUT2D eigenvalue weighted by Crippen LogP contribution is -2.48. The monoisotopic (exact) mass is 170 g/mol. The van der Waals surface area contributed by atoms with E-state index in [0.717, 1.165) is 19.5 Å². The Morgan fingerprint density at radius 2 is 2.33 bits per heavy atom. The van der Waals surface area contributed by atoms with Crippen LogP contribution in [0.5, 0.6) is 0 Å². The van der Waals surface area contributed by atoms with Crippen LogP contribution in [-0.2, 0) is 4.79 Å². The molecular weight excluding hydrogens is 152 g/mol. The van der Waals surface area contributed by atoms with Gasteiger partial charge in [-0.3, -0.25) is 9.69 Å². The van der Waals surface area contributed by atoms with Crippen LogP contribution in [0.3, 0.4) is 0 Å². The van der Waals surface area contributed by atoms with Crippen molar-refractivity contribution in [2.75, 3.05) is 20.1 Å². The summed E-state index contributed by atoms with van der Waals surface area (Å²) in [5, 5.41) is 2.72. The number of carbonyl (C=O) groups is 1. The van der Waals surface area contributed by atoms with Gasteiger partial charge in [0.2, 0.25) is 5.91 Å². The molecule has 0 bridgehead atoms. The fraction of sp³-hybridized carbons (Fsp3) is 0.889. The van der Waals surface area contributed by atoms with Crippen LogP contribution >= 0.6 is 0 Å². The van der Waals surface area contributed by atoms with Crippen molar-refractivity contribution < 1.29 is 4.79 Å². The molecule has 0 saturated carbocycles. The van der Waals surface area contributed by atoms with Gasteiger partial charge in [-0.2, -0.15) is 0 Å². The molecule has 1 N–H and O–H groups in total. The smallest absolute Gasteiger partial charge is 0.237 e. The van der Waals surface area contributed by atoms with Gasteiger partial charge in [0.25, 0.3) is 0 Å². The minimum absolute atomic E-state index is 0.133. The molecule has 0 aliphatic carbocycles. The average Bonchev–Trinajstić information content (AvgIpc) is 2.16. The number of hydrogen-bond acceptors (Lipinski definition) is 2. The summed E-state index contributed by atoms with van der Waals surface area (Å²) >= 11 is 0. The zero-order valence-corrected chi connectivity index (χ0v) is 7.97. The molecule has 1 atom stereocenters. The van der Waals surface area contributed by atoms with Crippen LogP contribution in [0.4, 0.5) is 0 Å². The van der Waals surface area contributed by atoms with Gasteiger partial charge in [0.05, 0.1) is 6.04 Å². The van der Waals surface area contributed by atoms with Gasteiger partial charge in [-0.15, -0.1) is 0 Å². The van der Waals surface area contributed by atoms with E-state index < -0.39 is 0 Å². The Hall–Kier alpha value is -0.570. The first-order valence-electron chi connectivity index (χ1n) is 4.75. The third-order valence-electron chi connectivity index (χ3n) is 2.57. The van der Waals surface area contributed by atoms with Crippen LogP contribution in [0, 0.1) is 0 Å². The molecule has 0 spiro atoms. The summed E-state index contributed by atoms with van der Waals surface area (Å²) in [6.45, 7) is 4.17. The largest absolute Gasteiger partial charge is 0.358 e. The average molecular weight is 170 g/mol. The minimum Gasteiger partial charge on any atom is -0.358 e. The van der Waals surface area contributed by atoms with Crippen molar-refractivity contribution in [2.24, 2.45) is 0 Å². The number of piperidine rings is 1. The highest BCUT2D eigenvalue weighted by molar-refractivity contribution is 5.81. The van der Waals surface area contributed by atoms with Crippen LogP contribution in [0.1, 0.15) is 26.2 Å². The first-order valence-corrected chi connectivity index (χ1v) is 4.75. The highest BCUT2D eigenvalue weighted by Gasteiger charge is 2.26. The molecule has 3 heteroatoms. The van der Waals surface area contributed by atoms with Gasteiger partial charge in [-0.1, -0.05) is 13.3 Å². The highest BCUT2D eigenvalue weighted by atomic mass is 16.2. The second-order valence-corrected chi connectivity index (χ2v) is 3.25. The molecule has 1 aliphatic rings. The van der Waals surface area contributed by atoms with E-state index in [-0.39, 0.29) is 11.9 Å². The van der Waals surface area contributed by atoms with Crippen LogP contribution in [0.25, 0.3) is 0 Å². The van der Waals surface area contributed by atoms with Gasteiger partial charge in [-0.25, -0.2) is 0 Å². The van der Waals surface area contributed by atoms with E-state index in [1.54, 1.807) is 7.05 Å². The van der Waals surface area contributed by atoms with Gasteiger partial charge in [0.15, 0.2) is 0 Å². The zero-order chi connectivity index (χ0) is 8.97. The number of rotatable bonds is 2. The molecule has 1 saturated heterocycles. The summed E-state index contributed by atoms with van der Waals surface area (Å²) in [5.41, 5.74) is 0. The lowest BCUT2D eigenvalue weighted by molar-refractivity contribution is -0.127. The van der Waals surface area contributed by atoms with Gasteiger partial charge in [0.1, 0.15) is 0 Å². The Labute approximate surface area is 74.1 Å². The predicted molar refractivity (Wildman–Crippen MR) is 49.0 cm³/mol. The number of carbonyl (C=O) groups excluding carboxylic acids is 1. The van der Waals surface area contributed by atoms with E-state index in [1.807, 2.05) is 0 Å². The third kappa shape index (κ3) is 1.97. The standard InChI is InChI=1S/C9H18N2O/c1-3-11-7-5-4-6-8(11)9(12)10-2/h8H,3-7H2,1-2H3,(H,10,12). The maximum absolute atomic E-state index is 11.4. The lowest BCUT2D eigenvalue weighted by Gasteiger charge is -2.33. The molecule has 1 amide bonds. The molecule has 0 radical (unpaired) electrons. The fourth-order valence-corrected chi connectivity index (χ4v) is 1.83. The van der Waals surface area contributed by atoms with Crippen molar-refractivity contribution in [1.82, 2.24) is 10.2 Å². The Bertz CT molecular complexity index is 159. The van der Waals surface area contributed by atoms with Crippen molar-refractivity contribution in [3.05, 3.63) is 0 Å². The van der Waals surface area contributed by atoms with Crippen molar-refractivity contribution in [3.63, 3.8) is 0 Å². The number of amides is 1. The van der Waals surface area contributed by atoms with Crippen molar-refractivity contribution in [3.8, 4) is 0 Å². The molecule has 0 aromatic rings. The van der Waals surface area contributed by atoms with E-state index in [2.05, 4.69) is 17.1 Å². The number of likely N-dealkylation sites (tertiary alicyclic amines) is 1. The quantitative estimate of drug-likeness (QED) is 0.658. The fourth-order valence-electron chi connectivity index (χ4n) is 1.83. The van der Waals surface area contributed by atoms with Gasteiger partial charge >= 0.3 is 0 Å². The molecule has 1 heterocycles. The van der Waals surface area contributed by atoms with E-state index in [4.69, 9.17) is 0 Å². The summed E-state index contributed by atoms with van der Waals surface area (Å²) in [6.07, 6.45) is 3.45. The summed E-state index contributed by atoms with van der Waals surface area (Å²) in [4.78, 5) is 13.6. The molecule has 1 fully saturated rings. The van der Waals surface area contributed by atoms with Crippen molar-refractivity contribution >= 4 is 5.91 Å². The lowest BCUT2D eigenvalue weighted by atomic mass is 10.0. The Kier molecular flexibility index (Phi) is 3.53. The van der Waals surface area contributed by atoms with Gasteiger partial charge < -0.3 is 5.32 Å². The summed E-state index contributed by atoms with van der Waals surface area (Å²) in [5.74, 6) is 0.177. The molecule has 12 heavy (non-hydrogen) atoms. The predicted octanol–water partition coefficient (Wildman–Crippen LogP) is 0.607. The summed E-state index contributed by atoms with van der Waals surface area (Å²) < 4.78 is 0. The molecule has 0 aromatic heterocycles. The first-order chi connectivity index (χ1) is 5.79. The molecule has 1 rings (SSSR count). The number of hydrogen-bond donors (Lipinski definition) is 1. The van der Waals surface area contributed by atoms with Crippen LogP contribution in [0.2, 0.25) is 0 Å². The maximum atomic E-state index is 11.4. The molecule has 3 nitrogen and oxygen atoms in total. The topological polar surface area (TPSA) is 32.3 Å². The maximum Gasteiger partial charge on any atom is 0.237 e. The molecular formula is C9H18N2O. The summed E-state index contributed by atoms with van der Waals surface area (Å²) in [6, 6.07) is 0.133. The second kappa shape index (κ2) is 4.45. The first kappa shape index (κ1) is 9.52. The van der Waals surface area contributed by atoms with Crippen LogP contribution in [-0.4, -0.2) is 37.0 Å². The van der Waals surface area contributed by atoms with E-state index in [0.29, 0.717) is 0 Å². The Morgan fingerprint density at radius 1 is 1.58 bits per heavy atom. The highest BCUT2D eigenvalue weighted by Crippen LogP contribution is 2.16. The Balaban J connectivity index is 2.52. The van der Waals surface area contributed by atoms with Crippen LogP contribution in [0.15, 0.2) is 0 Å². The normalized spacial score (nSPS) is 25.3. The van der Waals surface area contributed by atoms with Gasteiger partial charge in [-0.05, 0) is 25.9 Å². The molecule has 0 aromatic carbocycles. The van der Waals surface area contributed by atoms with Crippen molar-refractivity contribution in [1.29, 1.82) is 0 Å². The van der Waals surface area contributed by atoms with E-state index >= 15 is 0 Å². The van der Waals surface area contributed by atoms with Gasteiger partial charge in [0, 0.05) is 7.05 Å². The second-order valence-electron chi connectivity index (χ2n) is 3.25. The minimum atomic E-state index is 0.133. The Morgan fingerprint density at radius 3 is 2.92 bits per heavy atom. The molecule has 70 valence electrons. The van der Waals surface area contributed by atoms with Crippen molar-refractivity contribution in [2.45, 2.75) is 32.2 Å². The molecule has 1 unspecified atom stereocenters. The number of nitrogens with one attached hydrogen (secondary N) is 1. The number of likely N-dealkylation sites (N-methyl/N-ethyl adjacent to an activating group) is 2. The zero-order valence-electron chi connectivity index (χ0n) is 7.97. The SMILES string of the molecule is CCN1CCCCC1C(=O)NC. The molecule has 1 aliphatic heterocycles.